The van der Waals surface area contributed by atoms with E-state index in [1.54, 1.807) is 0 Å². The Bertz CT molecular complexity index is 847. The number of ether oxygens (including phenoxy) is 1. The predicted molar refractivity (Wildman–Crippen MR) is 92.1 cm³/mol. The molecule has 0 radical (unpaired) electrons. The lowest BCUT2D eigenvalue weighted by molar-refractivity contribution is -0.140. The molecule has 0 spiro atoms. The van der Waals surface area contributed by atoms with E-state index in [-0.39, 0.29) is 27.0 Å². The number of hydrogen-bond acceptors (Lipinski definition) is 5. The molecular weight excluding hydrogens is 389 g/mol. The number of rotatable bonds is 5. The van der Waals surface area contributed by atoms with Gasteiger partial charge in [-0.2, -0.15) is 0 Å². The Hall–Kier alpha value is -2.58. The second kappa shape index (κ2) is 7.76. The van der Waals surface area contributed by atoms with E-state index in [4.69, 9.17) is 28.3 Å². The van der Waals surface area contributed by atoms with E-state index in [2.05, 4.69) is 9.73 Å². The van der Waals surface area contributed by atoms with Crippen LogP contribution in [0.15, 0.2) is 34.5 Å². The second-order valence-corrected chi connectivity index (χ2v) is 6.20. The van der Waals surface area contributed by atoms with Crippen LogP contribution in [-0.4, -0.2) is 45.7 Å². The molecule has 0 amide bonds. The molecule has 26 heavy (non-hydrogen) atoms. The van der Waals surface area contributed by atoms with Crippen LogP contribution in [0.1, 0.15) is 18.4 Å². The topological polar surface area (TPSA) is 133 Å². The molecule has 2 atom stereocenters. The van der Waals surface area contributed by atoms with Crippen molar-refractivity contribution in [3.8, 4) is 0 Å². The largest absolute Gasteiger partial charge is 0.506 e. The fraction of sp³-hybridized carbons (Fsp3) is 0.250. The van der Waals surface area contributed by atoms with Crippen molar-refractivity contribution >= 4 is 47.0 Å². The number of nitrogens with zero attached hydrogens (tertiary/aromatic N) is 1. The summed E-state index contributed by atoms with van der Waals surface area (Å²) < 4.78 is 4.43. The monoisotopic (exact) mass is 401 g/mol. The molecule has 0 aliphatic carbocycles. The number of halogens is 2. The summed E-state index contributed by atoms with van der Waals surface area (Å²) in [6.07, 6.45) is -1.62. The van der Waals surface area contributed by atoms with Crippen LogP contribution in [0.2, 0.25) is 10.0 Å². The zero-order chi connectivity index (χ0) is 19.6. The Labute approximate surface area is 157 Å². The summed E-state index contributed by atoms with van der Waals surface area (Å²) in [7, 11) is 0. The van der Waals surface area contributed by atoms with E-state index in [1.807, 2.05) is 0 Å². The Morgan fingerprint density at radius 2 is 1.85 bits per heavy atom. The van der Waals surface area contributed by atoms with Crippen LogP contribution in [0.4, 0.5) is 4.79 Å². The van der Waals surface area contributed by atoms with Crippen molar-refractivity contribution in [2.24, 2.45) is 10.9 Å². The summed E-state index contributed by atoms with van der Waals surface area (Å²) in [4.78, 5) is 38.3. The van der Waals surface area contributed by atoms with Gasteiger partial charge in [0.1, 0.15) is 12.5 Å². The second-order valence-electron chi connectivity index (χ2n) is 5.41. The van der Waals surface area contributed by atoms with Crippen molar-refractivity contribution in [1.29, 1.82) is 0 Å². The highest BCUT2D eigenvalue weighted by molar-refractivity contribution is 6.42. The first kappa shape index (κ1) is 19.7. The van der Waals surface area contributed by atoms with Gasteiger partial charge in [0, 0.05) is 11.6 Å². The van der Waals surface area contributed by atoms with Gasteiger partial charge < -0.3 is 20.1 Å². The molecule has 0 bridgehead atoms. The summed E-state index contributed by atoms with van der Waals surface area (Å²) >= 11 is 12.2. The zero-order valence-electron chi connectivity index (χ0n) is 13.3. The van der Waals surface area contributed by atoms with Gasteiger partial charge in [-0.15, -0.1) is 0 Å². The van der Waals surface area contributed by atoms with Crippen LogP contribution < -0.4 is 0 Å². The molecule has 0 fully saturated rings. The molecular formula is C16H13Cl2NO7. The number of carbonyl (C=O) groups is 3. The first-order chi connectivity index (χ1) is 12.1. The van der Waals surface area contributed by atoms with Gasteiger partial charge in [-0.05, 0) is 18.6 Å². The standard InChI is InChI=1S/C16H13Cl2NO7/c1-6-10(14(20)21)11(7-3-2-4-8(17)13(7)18)12(15(22)23)9(19-6)5-26-16(24)25/h2-4,10-11H,5H2,1H3,(H,20,21)(H,22,23)(H,24,25). The lowest BCUT2D eigenvalue weighted by Crippen LogP contribution is -2.36. The van der Waals surface area contributed by atoms with Gasteiger partial charge >= 0.3 is 18.1 Å². The number of aliphatic carboxylic acids is 2. The molecule has 0 saturated carbocycles. The molecule has 8 nitrogen and oxygen atoms in total. The van der Waals surface area contributed by atoms with Gasteiger partial charge in [0.2, 0.25) is 0 Å². The summed E-state index contributed by atoms with van der Waals surface area (Å²) in [5.41, 5.74) is -0.331. The van der Waals surface area contributed by atoms with E-state index in [1.165, 1.54) is 25.1 Å². The summed E-state index contributed by atoms with van der Waals surface area (Å²) in [5, 5.41) is 28.1. The van der Waals surface area contributed by atoms with Gasteiger partial charge in [-0.3, -0.25) is 9.79 Å². The van der Waals surface area contributed by atoms with Crippen LogP contribution in [0.5, 0.6) is 0 Å². The highest BCUT2D eigenvalue weighted by atomic mass is 35.5. The molecule has 1 aliphatic heterocycles. The minimum atomic E-state index is -1.62. The Balaban J connectivity index is 2.73. The molecule has 1 aromatic rings. The molecule has 1 heterocycles. The molecule has 1 aliphatic rings. The SMILES string of the molecule is CC1=NC(COC(=O)O)=C(C(=O)O)C(c2cccc(Cl)c2Cl)C1C(=O)O. The normalized spacial score (nSPS) is 19.7. The lowest BCUT2D eigenvalue weighted by Gasteiger charge is -2.30. The van der Waals surface area contributed by atoms with Gasteiger partial charge in [0.15, 0.2) is 0 Å². The third-order valence-electron chi connectivity index (χ3n) is 3.86. The van der Waals surface area contributed by atoms with Crippen LogP contribution >= 0.6 is 23.2 Å². The average Bonchev–Trinajstić information content (AvgIpc) is 2.53. The minimum absolute atomic E-state index is 0.0115. The van der Waals surface area contributed by atoms with Crippen LogP contribution in [-0.2, 0) is 14.3 Å². The van der Waals surface area contributed by atoms with Gasteiger partial charge in [-0.25, -0.2) is 9.59 Å². The number of aliphatic imine (C=N–C) groups is 1. The average molecular weight is 402 g/mol. The van der Waals surface area contributed by atoms with Crippen molar-refractivity contribution in [3.63, 3.8) is 0 Å². The van der Waals surface area contributed by atoms with E-state index in [9.17, 15) is 24.6 Å². The van der Waals surface area contributed by atoms with E-state index >= 15 is 0 Å². The fourth-order valence-corrected chi connectivity index (χ4v) is 3.27. The Morgan fingerprint density at radius 1 is 1.19 bits per heavy atom. The van der Waals surface area contributed by atoms with Crippen molar-refractivity contribution in [3.05, 3.63) is 45.1 Å². The van der Waals surface area contributed by atoms with Crippen molar-refractivity contribution in [1.82, 2.24) is 0 Å². The molecule has 2 unspecified atom stereocenters. The van der Waals surface area contributed by atoms with Gasteiger partial charge in [-0.1, -0.05) is 35.3 Å². The number of hydrogen-bond donors (Lipinski definition) is 3. The maximum absolute atomic E-state index is 11.9. The summed E-state index contributed by atoms with van der Waals surface area (Å²) in [6, 6.07) is 4.45. The third-order valence-corrected chi connectivity index (χ3v) is 4.70. The maximum atomic E-state index is 11.9. The zero-order valence-corrected chi connectivity index (χ0v) is 14.8. The van der Waals surface area contributed by atoms with E-state index in [0.29, 0.717) is 0 Å². The third kappa shape index (κ3) is 3.81. The molecule has 0 saturated heterocycles. The summed E-state index contributed by atoms with van der Waals surface area (Å²) in [5.74, 6) is -5.30. The first-order valence-corrected chi connectivity index (χ1v) is 7.94. The van der Waals surface area contributed by atoms with E-state index in [0.717, 1.165) is 0 Å². The molecule has 1 aromatic carbocycles. The van der Waals surface area contributed by atoms with Crippen molar-refractivity contribution in [2.45, 2.75) is 12.8 Å². The smallest absolute Gasteiger partial charge is 0.481 e. The molecule has 0 aromatic heterocycles. The fourth-order valence-electron chi connectivity index (χ4n) is 2.84. The summed E-state index contributed by atoms with van der Waals surface area (Å²) in [6.45, 7) is 0.763. The van der Waals surface area contributed by atoms with Crippen molar-refractivity contribution < 1.29 is 34.4 Å². The van der Waals surface area contributed by atoms with Crippen LogP contribution in [0, 0.1) is 5.92 Å². The highest BCUT2D eigenvalue weighted by Gasteiger charge is 2.43. The molecule has 2 rings (SSSR count). The molecule has 138 valence electrons. The van der Waals surface area contributed by atoms with Gasteiger partial charge in [0.25, 0.3) is 0 Å². The maximum Gasteiger partial charge on any atom is 0.506 e. The first-order valence-electron chi connectivity index (χ1n) is 7.19. The quantitative estimate of drug-likeness (QED) is 0.644. The minimum Gasteiger partial charge on any atom is -0.481 e. The highest BCUT2D eigenvalue weighted by Crippen LogP contribution is 2.43. The molecule has 3 N–H and O–H groups in total. The predicted octanol–water partition coefficient (Wildman–Crippen LogP) is 3.29. The Kier molecular flexibility index (Phi) is 5.89. The Morgan fingerprint density at radius 3 is 2.38 bits per heavy atom. The van der Waals surface area contributed by atoms with Gasteiger partial charge in [0.05, 0.1) is 21.3 Å². The van der Waals surface area contributed by atoms with Crippen LogP contribution in [0.3, 0.4) is 0 Å². The number of carboxylic acids is 2. The lowest BCUT2D eigenvalue weighted by atomic mass is 9.75. The van der Waals surface area contributed by atoms with Crippen LogP contribution in [0.25, 0.3) is 0 Å². The number of carboxylic acid groups (broad SMARTS) is 3. The number of benzene rings is 1. The van der Waals surface area contributed by atoms with E-state index < -0.39 is 42.1 Å². The molecule has 10 heteroatoms. The van der Waals surface area contributed by atoms with Crippen molar-refractivity contribution in [2.75, 3.05) is 6.61 Å².